The average Bonchev–Trinajstić information content (AvgIpc) is 3.16. The maximum atomic E-state index is 4.53. The van der Waals surface area contributed by atoms with Crippen LogP contribution in [0.5, 0.6) is 0 Å². The van der Waals surface area contributed by atoms with Crippen LogP contribution in [-0.4, -0.2) is 30.8 Å². The monoisotopic (exact) mass is 279 g/mol. The van der Waals surface area contributed by atoms with Crippen molar-refractivity contribution >= 4 is 17.8 Å². The summed E-state index contributed by atoms with van der Waals surface area (Å²) >= 11 is 0. The van der Waals surface area contributed by atoms with Gasteiger partial charge in [0.2, 0.25) is 0 Å². The Balaban J connectivity index is 1.70. The summed E-state index contributed by atoms with van der Waals surface area (Å²) < 4.78 is 1.70. The Morgan fingerprint density at radius 3 is 3.24 bits per heavy atom. The zero-order valence-electron chi connectivity index (χ0n) is 11.3. The van der Waals surface area contributed by atoms with Gasteiger partial charge in [0, 0.05) is 23.5 Å². The van der Waals surface area contributed by atoms with Crippen molar-refractivity contribution in [2.24, 2.45) is 5.10 Å². The molecular weight excluding hydrogens is 266 g/mol. The van der Waals surface area contributed by atoms with Crippen molar-refractivity contribution in [1.29, 1.82) is 0 Å². The van der Waals surface area contributed by atoms with Crippen LogP contribution in [-0.2, 0) is 12.8 Å². The molecule has 104 valence electrons. The van der Waals surface area contributed by atoms with E-state index in [4.69, 9.17) is 0 Å². The predicted octanol–water partition coefficient (Wildman–Crippen LogP) is 1.45. The highest BCUT2D eigenvalue weighted by Crippen LogP contribution is 2.27. The van der Waals surface area contributed by atoms with Crippen molar-refractivity contribution < 1.29 is 0 Å². The first-order chi connectivity index (χ1) is 10.4. The first-order valence-electron chi connectivity index (χ1n) is 6.82. The zero-order chi connectivity index (χ0) is 14.1. The Hall–Kier alpha value is -2.83. The molecule has 3 heterocycles. The van der Waals surface area contributed by atoms with Crippen LogP contribution in [0.3, 0.4) is 0 Å². The smallest absolute Gasteiger partial charge is 0.254 e. The summed E-state index contributed by atoms with van der Waals surface area (Å²) in [6.45, 7) is 0. The SMILES string of the molecule is C(=N/Nc1c2c(nc3ncnn13)CCC2)/c1cccnc1. The molecule has 0 amide bonds. The lowest BCUT2D eigenvalue weighted by Crippen LogP contribution is -2.06. The summed E-state index contributed by atoms with van der Waals surface area (Å²) in [5.74, 6) is 1.46. The molecule has 0 radical (unpaired) electrons. The number of anilines is 1. The van der Waals surface area contributed by atoms with E-state index in [1.165, 1.54) is 11.9 Å². The van der Waals surface area contributed by atoms with Gasteiger partial charge >= 0.3 is 0 Å². The van der Waals surface area contributed by atoms with Crippen LogP contribution in [0.2, 0.25) is 0 Å². The highest BCUT2D eigenvalue weighted by molar-refractivity contribution is 5.79. The van der Waals surface area contributed by atoms with E-state index in [2.05, 4.69) is 30.6 Å². The molecule has 3 aromatic rings. The largest absolute Gasteiger partial charge is 0.264 e. The molecule has 0 saturated carbocycles. The van der Waals surface area contributed by atoms with Gasteiger partial charge in [-0.15, -0.1) is 0 Å². The van der Waals surface area contributed by atoms with Crippen LogP contribution < -0.4 is 5.43 Å². The zero-order valence-corrected chi connectivity index (χ0v) is 11.3. The Kier molecular flexibility index (Phi) is 2.81. The molecule has 4 rings (SSSR count). The van der Waals surface area contributed by atoms with Gasteiger partial charge in [0.1, 0.15) is 6.33 Å². The van der Waals surface area contributed by atoms with E-state index in [0.717, 1.165) is 36.3 Å². The molecule has 0 aromatic carbocycles. The first-order valence-corrected chi connectivity index (χ1v) is 6.82. The summed E-state index contributed by atoms with van der Waals surface area (Å²) in [7, 11) is 0. The Morgan fingerprint density at radius 2 is 2.33 bits per heavy atom. The topological polar surface area (TPSA) is 80.4 Å². The number of nitrogens with zero attached hydrogens (tertiary/aromatic N) is 6. The van der Waals surface area contributed by atoms with E-state index in [1.807, 2.05) is 12.1 Å². The molecule has 1 aliphatic carbocycles. The molecule has 0 saturated heterocycles. The quantitative estimate of drug-likeness (QED) is 0.580. The van der Waals surface area contributed by atoms with Gasteiger partial charge in [0.25, 0.3) is 5.78 Å². The van der Waals surface area contributed by atoms with Gasteiger partial charge in [-0.3, -0.25) is 10.4 Å². The van der Waals surface area contributed by atoms with Gasteiger partial charge in [-0.05, 0) is 25.3 Å². The van der Waals surface area contributed by atoms with Crippen LogP contribution in [0.15, 0.2) is 36.0 Å². The van der Waals surface area contributed by atoms with Crippen molar-refractivity contribution in [1.82, 2.24) is 24.6 Å². The number of aromatic nitrogens is 5. The number of rotatable bonds is 3. The van der Waals surface area contributed by atoms with Crippen LogP contribution in [0.25, 0.3) is 5.78 Å². The third kappa shape index (κ3) is 2.12. The van der Waals surface area contributed by atoms with Crippen LogP contribution >= 0.6 is 0 Å². The van der Waals surface area contributed by atoms with Crippen molar-refractivity contribution in [3.8, 4) is 0 Å². The van der Waals surface area contributed by atoms with E-state index in [0.29, 0.717) is 5.78 Å². The Labute approximate surface area is 120 Å². The van der Waals surface area contributed by atoms with Gasteiger partial charge < -0.3 is 0 Å². The number of nitrogens with one attached hydrogen (secondary N) is 1. The Morgan fingerprint density at radius 1 is 1.33 bits per heavy atom. The van der Waals surface area contributed by atoms with Gasteiger partial charge in [-0.25, -0.2) is 4.98 Å². The summed E-state index contributed by atoms with van der Waals surface area (Å²) in [6.07, 6.45) is 9.82. The standard InChI is InChI=1S/C14H13N7/c1-4-11-12(5-1)19-14-16-9-18-21(14)13(11)20-17-8-10-3-2-6-15-7-10/h2-3,6-9,20H,1,4-5H2/b17-8-. The molecule has 7 nitrogen and oxygen atoms in total. The lowest BCUT2D eigenvalue weighted by molar-refractivity contribution is 0.900. The fourth-order valence-corrected chi connectivity index (χ4v) is 2.56. The highest BCUT2D eigenvalue weighted by Gasteiger charge is 2.20. The van der Waals surface area contributed by atoms with Crippen molar-refractivity contribution in [3.05, 3.63) is 47.7 Å². The average molecular weight is 279 g/mol. The highest BCUT2D eigenvalue weighted by atomic mass is 15.4. The maximum absolute atomic E-state index is 4.53. The fraction of sp³-hybridized carbons (Fsp3) is 0.214. The maximum Gasteiger partial charge on any atom is 0.254 e. The molecule has 0 unspecified atom stereocenters. The van der Waals surface area contributed by atoms with Gasteiger partial charge in [-0.1, -0.05) is 6.07 Å². The lowest BCUT2D eigenvalue weighted by Gasteiger charge is -2.08. The number of hydrazone groups is 1. The van der Waals surface area contributed by atoms with Crippen molar-refractivity contribution in [2.45, 2.75) is 19.3 Å². The normalized spacial score (nSPS) is 13.9. The van der Waals surface area contributed by atoms with E-state index in [9.17, 15) is 0 Å². The van der Waals surface area contributed by atoms with Crippen LogP contribution in [0, 0.1) is 0 Å². The predicted molar refractivity (Wildman–Crippen MR) is 78.3 cm³/mol. The number of pyridine rings is 1. The molecule has 1 N–H and O–H groups in total. The van der Waals surface area contributed by atoms with E-state index in [-0.39, 0.29) is 0 Å². The lowest BCUT2D eigenvalue weighted by atomic mass is 10.2. The minimum atomic E-state index is 0.606. The first kappa shape index (κ1) is 12.0. The van der Waals surface area contributed by atoms with E-state index < -0.39 is 0 Å². The summed E-state index contributed by atoms with van der Waals surface area (Å²) in [4.78, 5) is 12.7. The molecule has 0 fully saturated rings. The third-order valence-electron chi connectivity index (χ3n) is 3.52. The van der Waals surface area contributed by atoms with Crippen LogP contribution in [0.4, 0.5) is 5.82 Å². The molecule has 0 aliphatic heterocycles. The molecular formula is C14H13N7. The number of hydrogen-bond acceptors (Lipinski definition) is 6. The van der Waals surface area contributed by atoms with E-state index >= 15 is 0 Å². The summed E-state index contributed by atoms with van der Waals surface area (Å²) in [6, 6.07) is 3.82. The van der Waals surface area contributed by atoms with Gasteiger partial charge in [-0.2, -0.15) is 19.7 Å². The molecule has 0 spiro atoms. The second-order valence-electron chi connectivity index (χ2n) is 4.87. The van der Waals surface area contributed by atoms with Crippen molar-refractivity contribution in [3.63, 3.8) is 0 Å². The third-order valence-corrected chi connectivity index (χ3v) is 3.52. The Bertz CT molecular complexity index is 807. The molecule has 0 atom stereocenters. The molecule has 7 heteroatoms. The number of aryl methyl sites for hydroxylation is 1. The summed E-state index contributed by atoms with van der Waals surface area (Å²) in [5, 5.41) is 8.50. The molecule has 3 aromatic heterocycles. The number of fused-ring (bicyclic) bond motifs is 2. The second kappa shape index (κ2) is 4.93. The van der Waals surface area contributed by atoms with E-state index in [1.54, 1.807) is 23.1 Å². The molecule has 0 bridgehead atoms. The minimum Gasteiger partial charge on any atom is -0.264 e. The molecule has 21 heavy (non-hydrogen) atoms. The second-order valence-corrected chi connectivity index (χ2v) is 4.87. The van der Waals surface area contributed by atoms with Crippen molar-refractivity contribution in [2.75, 3.05) is 5.43 Å². The molecule has 1 aliphatic rings. The number of hydrogen-bond donors (Lipinski definition) is 1. The fourth-order valence-electron chi connectivity index (χ4n) is 2.56. The van der Waals surface area contributed by atoms with Crippen LogP contribution in [0.1, 0.15) is 23.2 Å². The summed E-state index contributed by atoms with van der Waals surface area (Å²) in [5.41, 5.74) is 6.29. The van der Waals surface area contributed by atoms with Gasteiger partial charge in [0.15, 0.2) is 5.82 Å². The van der Waals surface area contributed by atoms with Gasteiger partial charge in [0.05, 0.1) is 11.9 Å². The minimum absolute atomic E-state index is 0.606.